The number of carbonyl (C=O) groups is 1. The third-order valence-electron chi connectivity index (χ3n) is 6.02. The van der Waals surface area contributed by atoms with Crippen molar-refractivity contribution in [2.24, 2.45) is 5.92 Å². The minimum atomic E-state index is 0. The summed E-state index contributed by atoms with van der Waals surface area (Å²) in [6, 6.07) is 7.11. The second-order valence-electron chi connectivity index (χ2n) is 7.63. The largest absolute Gasteiger partial charge is 1.00 e. The van der Waals surface area contributed by atoms with Gasteiger partial charge in [0.1, 0.15) is 0 Å². The Kier molecular flexibility index (Phi) is 4.70. The van der Waals surface area contributed by atoms with Gasteiger partial charge in [0.2, 0.25) is 5.91 Å². The lowest BCUT2D eigenvalue weighted by Gasteiger charge is -2.35. The van der Waals surface area contributed by atoms with Gasteiger partial charge in [0, 0.05) is 18.0 Å². The van der Waals surface area contributed by atoms with E-state index in [4.69, 9.17) is 0 Å². The maximum Gasteiger partial charge on any atom is 0.230 e. The predicted molar refractivity (Wildman–Crippen MR) is 88.4 cm³/mol. The Bertz CT molecular complexity index is 597. The second kappa shape index (κ2) is 6.45. The van der Waals surface area contributed by atoms with Crippen molar-refractivity contribution in [1.29, 1.82) is 0 Å². The number of amides is 1. The molecule has 4 heteroatoms. The van der Waals surface area contributed by atoms with Crippen molar-refractivity contribution in [3.8, 4) is 0 Å². The number of likely N-dealkylation sites (tertiary alicyclic amines) is 1. The normalized spacial score (nSPS) is 29.8. The average Bonchev–Trinajstić information content (AvgIpc) is 3.13. The van der Waals surface area contributed by atoms with Crippen LogP contribution in [0, 0.1) is 12.8 Å². The molecule has 0 spiro atoms. The van der Waals surface area contributed by atoms with Crippen LogP contribution in [0.25, 0.3) is 0 Å². The summed E-state index contributed by atoms with van der Waals surface area (Å²) in [5.41, 5.74) is 3.96. The number of hydrogen-bond acceptors (Lipinski definition) is 1. The number of piperidine rings is 1. The first-order valence-electron chi connectivity index (χ1n) is 8.90. The number of carbonyl (C=O) groups excluding carboxylic acids is 1. The second-order valence-corrected chi connectivity index (χ2v) is 7.63. The summed E-state index contributed by atoms with van der Waals surface area (Å²) >= 11 is 0. The van der Waals surface area contributed by atoms with Crippen LogP contribution in [0.4, 0.5) is 5.69 Å². The molecule has 1 aliphatic carbocycles. The van der Waals surface area contributed by atoms with Crippen molar-refractivity contribution >= 4 is 11.6 Å². The van der Waals surface area contributed by atoms with Gasteiger partial charge < -0.3 is 22.2 Å². The zero-order valence-electron chi connectivity index (χ0n) is 14.1. The maximum absolute atomic E-state index is 13.2. The summed E-state index contributed by atoms with van der Waals surface area (Å²) in [5, 5.41) is 0. The van der Waals surface area contributed by atoms with E-state index in [0.717, 1.165) is 25.8 Å². The predicted octanol–water partition coefficient (Wildman–Crippen LogP) is -1.09. The number of anilines is 1. The number of quaternary nitrogens is 1. The van der Waals surface area contributed by atoms with E-state index in [1.165, 1.54) is 36.2 Å². The first kappa shape index (κ1) is 16.8. The molecule has 23 heavy (non-hydrogen) atoms. The summed E-state index contributed by atoms with van der Waals surface area (Å²) in [6.07, 6.45) is 5.79. The number of halogens is 1. The fourth-order valence-electron chi connectivity index (χ4n) is 4.86. The molecule has 0 aromatic heterocycles. The zero-order chi connectivity index (χ0) is 15.3. The van der Waals surface area contributed by atoms with Gasteiger partial charge in [-0.3, -0.25) is 4.79 Å². The molecule has 2 fully saturated rings. The first-order chi connectivity index (χ1) is 10.6. The summed E-state index contributed by atoms with van der Waals surface area (Å²) in [5.74, 6) is 1.23. The van der Waals surface area contributed by atoms with E-state index in [1.54, 1.807) is 4.90 Å². The van der Waals surface area contributed by atoms with E-state index in [-0.39, 0.29) is 18.3 Å². The molecule has 126 valence electrons. The van der Waals surface area contributed by atoms with Gasteiger partial charge in [-0.15, -0.1) is 0 Å². The highest BCUT2D eigenvalue weighted by Gasteiger charge is 2.46. The van der Waals surface area contributed by atoms with Crippen molar-refractivity contribution in [3.05, 3.63) is 29.3 Å². The molecular formula is C19H27ClN2O. The van der Waals surface area contributed by atoms with Gasteiger partial charge in [-0.1, -0.05) is 30.5 Å². The molecule has 2 heterocycles. The summed E-state index contributed by atoms with van der Waals surface area (Å²) in [7, 11) is 2.28. The molecule has 3 atom stereocenters. The number of benzene rings is 1. The van der Waals surface area contributed by atoms with Crippen molar-refractivity contribution < 1.29 is 22.1 Å². The molecule has 1 aromatic rings. The lowest BCUT2D eigenvalue weighted by Crippen LogP contribution is -3.11. The third kappa shape index (κ3) is 2.78. The minimum Gasteiger partial charge on any atom is -1.00 e. The fraction of sp³-hybridized carbons (Fsp3) is 0.632. The first-order valence-corrected chi connectivity index (χ1v) is 8.90. The number of hydrogen-bond donors (Lipinski definition) is 1. The van der Waals surface area contributed by atoms with Crippen molar-refractivity contribution in [2.45, 2.75) is 51.0 Å². The molecule has 1 saturated carbocycles. The molecule has 3 aliphatic rings. The molecule has 1 saturated heterocycles. The van der Waals surface area contributed by atoms with E-state index in [9.17, 15) is 4.79 Å². The van der Waals surface area contributed by atoms with Crippen LogP contribution in [0.5, 0.6) is 0 Å². The Morgan fingerprint density at radius 3 is 2.70 bits per heavy atom. The van der Waals surface area contributed by atoms with Crippen LogP contribution in [0.3, 0.4) is 0 Å². The highest BCUT2D eigenvalue weighted by molar-refractivity contribution is 5.98. The monoisotopic (exact) mass is 334 g/mol. The number of fused-ring (bicyclic) bond motifs is 3. The quantitative estimate of drug-likeness (QED) is 0.693. The van der Waals surface area contributed by atoms with Crippen molar-refractivity contribution in [1.82, 2.24) is 0 Å². The fourth-order valence-corrected chi connectivity index (χ4v) is 4.86. The van der Waals surface area contributed by atoms with Gasteiger partial charge in [-0.25, -0.2) is 0 Å². The Balaban J connectivity index is 0.00000156. The van der Waals surface area contributed by atoms with Gasteiger partial charge >= 0.3 is 0 Å². The molecule has 4 rings (SSSR count). The number of rotatable bonds is 1. The van der Waals surface area contributed by atoms with Crippen LogP contribution in [-0.4, -0.2) is 32.1 Å². The van der Waals surface area contributed by atoms with Gasteiger partial charge in [0.15, 0.2) is 0 Å². The molecule has 3 nitrogen and oxygen atoms in total. The van der Waals surface area contributed by atoms with Crippen LogP contribution >= 0.6 is 0 Å². The van der Waals surface area contributed by atoms with E-state index in [1.807, 2.05) is 0 Å². The highest BCUT2D eigenvalue weighted by Crippen LogP contribution is 2.44. The molecule has 1 aromatic carbocycles. The summed E-state index contributed by atoms with van der Waals surface area (Å²) < 4.78 is 0. The van der Waals surface area contributed by atoms with Gasteiger partial charge in [0.05, 0.1) is 32.1 Å². The highest BCUT2D eigenvalue weighted by atomic mass is 35.5. The van der Waals surface area contributed by atoms with Crippen molar-refractivity contribution in [2.75, 3.05) is 25.0 Å². The Morgan fingerprint density at radius 1 is 1.22 bits per heavy atom. The molecule has 0 bridgehead atoms. The maximum atomic E-state index is 13.2. The van der Waals surface area contributed by atoms with Crippen LogP contribution in [-0.2, 0) is 4.79 Å². The van der Waals surface area contributed by atoms with Gasteiger partial charge in [-0.2, -0.15) is 0 Å². The van der Waals surface area contributed by atoms with Crippen LogP contribution in [0.2, 0.25) is 0 Å². The average molecular weight is 335 g/mol. The van der Waals surface area contributed by atoms with Gasteiger partial charge in [-0.05, 0) is 31.4 Å². The van der Waals surface area contributed by atoms with Crippen LogP contribution in [0.1, 0.15) is 49.1 Å². The minimum absolute atomic E-state index is 0. The molecule has 1 N–H and O–H groups in total. The Morgan fingerprint density at radius 2 is 1.96 bits per heavy atom. The van der Waals surface area contributed by atoms with E-state index >= 15 is 0 Å². The SMILES string of the molecule is Cc1ccc2c(c1)[C@@H]1C[NH+](C)CC[C@@H]1N2C(=O)C1CCCC1.[Cl-]. The smallest absolute Gasteiger partial charge is 0.230 e. The van der Waals surface area contributed by atoms with E-state index in [0.29, 0.717) is 17.9 Å². The topological polar surface area (TPSA) is 24.8 Å². The number of nitrogens with one attached hydrogen (secondary N) is 1. The standard InChI is InChI=1S/C19H26N2O.ClH/c1-13-7-8-17-15(11-13)16-12-20(2)10-9-18(16)21(17)19(22)14-5-3-4-6-14;/h7-8,11,14,16,18H,3-6,9-10,12H2,1-2H3;1H/t16-,18-;/m0./s1. The third-order valence-corrected chi connectivity index (χ3v) is 6.02. The van der Waals surface area contributed by atoms with E-state index < -0.39 is 0 Å². The summed E-state index contributed by atoms with van der Waals surface area (Å²) in [4.78, 5) is 17.0. The molecule has 1 unspecified atom stereocenters. The lowest BCUT2D eigenvalue weighted by atomic mass is 9.88. The lowest BCUT2D eigenvalue weighted by molar-refractivity contribution is -0.886. The number of nitrogens with zero attached hydrogens (tertiary/aromatic N) is 1. The number of likely N-dealkylation sites (N-methyl/N-ethyl adjacent to an activating group) is 1. The molecular weight excluding hydrogens is 308 g/mol. The van der Waals surface area contributed by atoms with Crippen molar-refractivity contribution in [3.63, 3.8) is 0 Å². The zero-order valence-corrected chi connectivity index (χ0v) is 14.9. The molecule has 0 radical (unpaired) electrons. The van der Waals surface area contributed by atoms with Crippen LogP contribution in [0.15, 0.2) is 18.2 Å². The van der Waals surface area contributed by atoms with Crippen LogP contribution < -0.4 is 22.2 Å². The Hall–Kier alpha value is -1.06. The molecule has 2 aliphatic heterocycles. The van der Waals surface area contributed by atoms with E-state index in [2.05, 4.69) is 37.1 Å². The van der Waals surface area contributed by atoms with Gasteiger partial charge in [0.25, 0.3) is 0 Å². The number of aryl methyl sites for hydroxylation is 1. The molecule has 1 amide bonds. The Labute approximate surface area is 145 Å². The summed E-state index contributed by atoms with van der Waals surface area (Å²) in [6.45, 7) is 4.51.